The minimum absolute atomic E-state index is 0.0582. The van der Waals surface area contributed by atoms with E-state index in [1.807, 2.05) is 4.90 Å². The molecule has 2 fully saturated rings. The first-order valence-corrected chi connectivity index (χ1v) is 7.69. The van der Waals surface area contributed by atoms with Crippen molar-refractivity contribution in [3.05, 3.63) is 29.8 Å². The number of Topliss-reactive ketones (excluding diaryl/α,β-unsaturated/α-hetero) is 1. The molecule has 1 unspecified atom stereocenters. The summed E-state index contributed by atoms with van der Waals surface area (Å²) in [5.74, 6) is 1.14. The van der Waals surface area contributed by atoms with Gasteiger partial charge >= 0.3 is 0 Å². The van der Waals surface area contributed by atoms with Crippen molar-refractivity contribution in [3.8, 4) is 5.75 Å². The molecule has 0 spiro atoms. The van der Waals surface area contributed by atoms with Crippen LogP contribution in [-0.4, -0.2) is 36.3 Å². The molecule has 1 aromatic carbocycles. The van der Waals surface area contributed by atoms with E-state index in [9.17, 15) is 9.59 Å². The Morgan fingerprint density at radius 1 is 1.10 bits per heavy atom. The average molecular weight is 287 g/mol. The summed E-state index contributed by atoms with van der Waals surface area (Å²) in [5.41, 5.74) is 0.661. The first kappa shape index (κ1) is 14.1. The van der Waals surface area contributed by atoms with Crippen molar-refractivity contribution in [2.45, 2.75) is 38.1 Å². The number of hydrogen-bond donors (Lipinski definition) is 0. The molecular formula is C17H21NO3. The SMILES string of the molecule is COc1ccc(C(=O)C2CCCN2C(=O)C2CCC2)cc1. The predicted molar refractivity (Wildman–Crippen MR) is 79.4 cm³/mol. The number of methoxy groups -OCH3 is 1. The van der Waals surface area contributed by atoms with E-state index >= 15 is 0 Å². The minimum atomic E-state index is -0.272. The Kier molecular flexibility index (Phi) is 3.95. The second-order valence-corrected chi connectivity index (χ2v) is 5.91. The summed E-state index contributed by atoms with van der Waals surface area (Å²) in [6.07, 6.45) is 4.81. The smallest absolute Gasteiger partial charge is 0.226 e. The number of ketones is 1. The minimum Gasteiger partial charge on any atom is -0.497 e. The van der Waals surface area contributed by atoms with Crippen LogP contribution in [-0.2, 0) is 4.79 Å². The summed E-state index contributed by atoms with van der Waals surface area (Å²) in [6, 6.07) is 6.88. The number of rotatable bonds is 4. The maximum absolute atomic E-state index is 12.7. The highest BCUT2D eigenvalue weighted by atomic mass is 16.5. The molecule has 1 atom stereocenters. The maximum atomic E-state index is 12.7. The van der Waals surface area contributed by atoms with Gasteiger partial charge in [-0.3, -0.25) is 9.59 Å². The van der Waals surface area contributed by atoms with Crippen molar-refractivity contribution in [3.63, 3.8) is 0 Å². The van der Waals surface area contributed by atoms with E-state index in [1.54, 1.807) is 31.4 Å². The highest BCUT2D eigenvalue weighted by Gasteiger charge is 2.38. The third kappa shape index (κ3) is 2.67. The van der Waals surface area contributed by atoms with E-state index in [-0.39, 0.29) is 23.7 Å². The van der Waals surface area contributed by atoms with Gasteiger partial charge in [-0.2, -0.15) is 0 Å². The van der Waals surface area contributed by atoms with Gasteiger partial charge in [0, 0.05) is 18.0 Å². The fourth-order valence-corrected chi connectivity index (χ4v) is 3.14. The number of hydrogen-bond acceptors (Lipinski definition) is 3. The molecule has 1 amide bonds. The molecule has 4 heteroatoms. The molecule has 0 radical (unpaired) electrons. The Morgan fingerprint density at radius 3 is 2.38 bits per heavy atom. The standard InChI is InChI=1S/C17H21NO3/c1-21-14-9-7-12(8-10-14)16(19)15-6-3-11-18(15)17(20)13-4-2-5-13/h7-10,13,15H,2-6,11H2,1H3. The summed E-state index contributed by atoms with van der Waals surface area (Å²) in [5, 5.41) is 0. The van der Waals surface area contributed by atoms with Gasteiger partial charge in [-0.15, -0.1) is 0 Å². The van der Waals surface area contributed by atoms with Gasteiger partial charge in [-0.1, -0.05) is 6.42 Å². The van der Waals surface area contributed by atoms with Crippen LogP contribution >= 0.6 is 0 Å². The molecule has 1 saturated carbocycles. The summed E-state index contributed by atoms with van der Waals surface area (Å²) in [7, 11) is 1.60. The zero-order valence-electron chi connectivity index (χ0n) is 12.4. The quantitative estimate of drug-likeness (QED) is 0.800. The van der Waals surface area contributed by atoms with Crippen molar-refractivity contribution in [2.24, 2.45) is 5.92 Å². The number of likely N-dealkylation sites (tertiary alicyclic amines) is 1. The van der Waals surface area contributed by atoms with Gasteiger partial charge in [0.2, 0.25) is 5.91 Å². The molecule has 112 valence electrons. The van der Waals surface area contributed by atoms with Crippen LogP contribution in [0.1, 0.15) is 42.5 Å². The van der Waals surface area contributed by atoms with Gasteiger partial charge in [0.1, 0.15) is 5.75 Å². The zero-order chi connectivity index (χ0) is 14.8. The second kappa shape index (κ2) is 5.88. The number of amides is 1. The number of nitrogens with zero attached hydrogens (tertiary/aromatic N) is 1. The third-order valence-electron chi connectivity index (χ3n) is 4.67. The predicted octanol–water partition coefficient (Wildman–Crippen LogP) is 2.67. The maximum Gasteiger partial charge on any atom is 0.226 e. The van der Waals surface area contributed by atoms with Crippen LogP contribution in [0.2, 0.25) is 0 Å². The van der Waals surface area contributed by atoms with Crippen molar-refractivity contribution >= 4 is 11.7 Å². The van der Waals surface area contributed by atoms with Crippen molar-refractivity contribution in [1.82, 2.24) is 4.90 Å². The lowest BCUT2D eigenvalue weighted by Gasteiger charge is -2.32. The van der Waals surface area contributed by atoms with Gasteiger partial charge in [0.15, 0.2) is 5.78 Å². The molecule has 0 bridgehead atoms. The summed E-state index contributed by atoms with van der Waals surface area (Å²) >= 11 is 0. The Labute approximate surface area is 125 Å². The van der Waals surface area contributed by atoms with E-state index in [0.717, 1.165) is 44.4 Å². The monoisotopic (exact) mass is 287 g/mol. The third-order valence-corrected chi connectivity index (χ3v) is 4.67. The fraction of sp³-hybridized carbons (Fsp3) is 0.529. The highest BCUT2D eigenvalue weighted by Crippen LogP contribution is 2.32. The van der Waals surface area contributed by atoms with Crippen LogP contribution in [0.5, 0.6) is 5.75 Å². The molecule has 1 aliphatic carbocycles. The number of carbonyl (C=O) groups excluding carboxylic acids is 2. The largest absolute Gasteiger partial charge is 0.497 e. The van der Waals surface area contributed by atoms with Crippen molar-refractivity contribution in [1.29, 1.82) is 0 Å². The van der Waals surface area contributed by atoms with Crippen LogP contribution in [0.3, 0.4) is 0 Å². The van der Waals surface area contributed by atoms with Crippen molar-refractivity contribution in [2.75, 3.05) is 13.7 Å². The summed E-state index contributed by atoms with van der Waals surface area (Å²) in [4.78, 5) is 26.9. The molecular weight excluding hydrogens is 266 g/mol. The second-order valence-electron chi connectivity index (χ2n) is 5.91. The van der Waals surface area contributed by atoms with E-state index in [0.29, 0.717) is 5.56 Å². The zero-order valence-corrected chi connectivity index (χ0v) is 12.4. The molecule has 21 heavy (non-hydrogen) atoms. The van der Waals surface area contributed by atoms with Gasteiger partial charge in [0.05, 0.1) is 13.2 Å². The molecule has 0 N–H and O–H groups in total. The lowest BCUT2D eigenvalue weighted by molar-refractivity contribution is -0.138. The van der Waals surface area contributed by atoms with Gasteiger partial charge in [0.25, 0.3) is 0 Å². The molecule has 1 saturated heterocycles. The van der Waals surface area contributed by atoms with Gasteiger partial charge in [-0.05, 0) is 49.9 Å². The molecule has 1 heterocycles. The molecule has 4 nitrogen and oxygen atoms in total. The Balaban J connectivity index is 1.74. The van der Waals surface area contributed by atoms with E-state index in [4.69, 9.17) is 4.74 Å². The molecule has 0 aromatic heterocycles. The highest BCUT2D eigenvalue weighted by molar-refractivity contribution is 6.02. The average Bonchev–Trinajstić information content (AvgIpc) is 2.94. The normalized spacial score (nSPS) is 22.0. The number of benzene rings is 1. The summed E-state index contributed by atoms with van der Waals surface area (Å²) in [6.45, 7) is 0.724. The molecule has 1 aliphatic heterocycles. The Hall–Kier alpha value is -1.84. The van der Waals surface area contributed by atoms with Crippen molar-refractivity contribution < 1.29 is 14.3 Å². The van der Waals surface area contributed by atoms with Gasteiger partial charge in [-0.25, -0.2) is 0 Å². The van der Waals surface area contributed by atoms with Gasteiger partial charge < -0.3 is 9.64 Å². The molecule has 2 aliphatic rings. The Morgan fingerprint density at radius 2 is 1.81 bits per heavy atom. The first-order valence-electron chi connectivity index (χ1n) is 7.69. The van der Waals surface area contributed by atoms with E-state index < -0.39 is 0 Å². The fourth-order valence-electron chi connectivity index (χ4n) is 3.14. The topological polar surface area (TPSA) is 46.6 Å². The number of ether oxygens (including phenoxy) is 1. The molecule has 3 rings (SSSR count). The van der Waals surface area contributed by atoms with Crippen LogP contribution in [0.15, 0.2) is 24.3 Å². The first-order chi connectivity index (χ1) is 10.2. The summed E-state index contributed by atoms with van der Waals surface area (Å²) < 4.78 is 5.11. The van der Waals surface area contributed by atoms with E-state index in [2.05, 4.69) is 0 Å². The Bertz CT molecular complexity index is 533. The van der Waals surface area contributed by atoms with Crippen LogP contribution in [0, 0.1) is 5.92 Å². The lowest BCUT2D eigenvalue weighted by Crippen LogP contribution is -2.45. The number of carbonyl (C=O) groups is 2. The molecule has 1 aromatic rings. The van der Waals surface area contributed by atoms with Crippen LogP contribution in [0.25, 0.3) is 0 Å². The van der Waals surface area contributed by atoms with E-state index in [1.165, 1.54) is 0 Å². The lowest BCUT2D eigenvalue weighted by atomic mass is 9.84. The van der Waals surface area contributed by atoms with Crippen LogP contribution in [0.4, 0.5) is 0 Å². The van der Waals surface area contributed by atoms with Crippen LogP contribution < -0.4 is 4.74 Å².